The van der Waals surface area contributed by atoms with E-state index in [4.69, 9.17) is 5.73 Å². The highest BCUT2D eigenvalue weighted by Crippen LogP contribution is 2.38. The number of ether oxygens (including phenoxy) is 1. The predicted molar refractivity (Wildman–Crippen MR) is 75.6 cm³/mol. The molecular formula is C14H11F3N2O5. The summed E-state index contributed by atoms with van der Waals surface area (Å²) in [6.45, 7) is 0. The molecule has 0 bridgehead atoms. The van der Waals surface area contributed by atoms with E-state index in [1.54, 1.807) is 0 Å². The molecule has 2 aromatic carbocycles. The van der Waals surface area contributed by atoms with E-state index >= 15 is 0 Å². The Labute approximate surface area is 132 Å². The van der Waals surface area contributed by atoms with Crippen LogP contribution >= 0.6 is 0 Å². The van der Waals surface area contributed by atoms with Crippen LogP contribution in [0.25, 0.3) is 0 Å². The van der Waals surface area contributed by atoms with E-state index in [1.807, 2.05) is 0 Å². The Balaban J connectivity index is 2.32. The van der Waals surface area contributed by atoms with Gasteiger partial charge < -0.3 is 20.7 Å². The smallest absolute Gasteiger partial charge is 0.504 e. The molecule has 0 fully saturated rings. The summed E-state index contributed by atoms with van der Waals surface area (Å²) in [5, 5.41) is 29.8. The number of hydrogen-bond donors (Lipinski definition) is 3. The summed E-state index contributed by atoms with van der Waals surface area (Å²) in [6, 6.07) is 5.61. The van der Waals surface area contributed by atoms with Crippen molar-refractivity contribution in [3.8, 4) is 17.2 Å². The molecule has 0 saturated carbocycles. The van der Waals surface area contributed by atoms with E-state index < -0.39 is 40.3 Å². The van der Waals surface area contributed by atoms with Crippen molar-refractivity contribution in [3.63, 3.8) is 0 Å². The summed E-state index contributed by atoms with van der Waals surface area (Å²) < 4.78 is 40.0. The van der Waals surface area contributed by atoms with Crippen LogP contribution in [-0.2, 0) is 0 Å². The van der Waals surface area contributed by atoms with Gasteiger partial charge in [-0.25, -0.2) is 0 Å². The molecule has 7 nitrogen and oxygen atoms in total. The third-order valence-corrected chi connectivity index (χ3v) is 3.12. The van der Waals surface area contributed by atoms with Crippen molar-refractivity contribution in [2.45, 2.75) is 12.4 Å². The van der Waals surface area contributed by atoms with Crippen LogP contribution in [0.15, 0.2) is 36.4 Å². The summed E-state index contributed by atoms with van der Waals surface area (Å²) in [7, 11) is 0. The maximum absolute atomic E-state index is 12.1. The van der Waals surface area contributed by atoms with Gasteiger partial charge in [0, 0.05) is 6.07 Å². The molecule has 0 aliphatic carbocycles. The minimum Gasteiger partial charge on any atom is -0.504 e. The second-order valence-electron chi connectivity index (χ2n) is 4.76. The number of halogens is 3. The van der Waals surface area contributed by atoms with E-state index in [9.17, 15) is 33.5 Å². The predicted octanol–water partition coefficient (Wildman–Crippen LogP) is 2.95. The normalized spacial score (nSPS) is 12.7. The molecule has 128 valence electrons. The number of alkyl halides is 3. The summed E-state index contributed by atoms with van der Waals surface area (Å²) in [6.07, 6.45) is -4.83. The number of phenols is 2. The first-order chi connectivity index (χ1) is 11.1. The van der Waals surface area contributed by atoms with Gasteiger partial charge in [-0.05, 0) is 29.3 Å². The lowest BCUT2D eigenvalue weighted by Crippen LogP contribution is -2.17. The van der Waals surface area contributed by atoms with Gasteiger partial charge in [-0.3, -0.25) is 10.1 Å². The first kappa shape index (κ1) is 17.3. The molecule has 0 unspecified atom stereocenters. The monoisotopic (exact) mass is 344 g/mol. The summed E-state index contributed by atoms with van der Waals surface area (Å²) >= 11 is 0. The summed E-state index contributed by atoms with van der Waals surface area (Å²) in [5.74, 6) is -2.07. The number of nitrogens with two attached hydrogens (primary N) is 1. The van der Waals surface area contributed by atoms with E-state index in [0.29, 0.717) is 5.56 Å². The molecule has 10 heteroatoms. The number of rotatable bonds is 4. The molecule has 0 aliphatic rings. The Bertz CT molecular complexity index is 762. The summed E-state index contributed by atoms with van der Waals surface area (Å²) in [5.41, 5.74) is 5.59. The second-order valence-corrected chi connectivity index (χ2v) is 4.76. The molecule has 0 aliphatic heterocycles. The Morgan fingerprint density at radius 2 is 1.71 bits per heavy atom. The van der Waals surface area contributed by atoms with Crippen LogP contribution in [0.4, 0.5) is 18.9 Å². The van der Waals surface area contributed by atoms with Crippen LogP contribution in [0.3, 0.4) is 0 Å². The maximum Gasteiger partial charge on any atom is 0.573 e. The van der Waals surface area contributed by atoms with Crippen LogP contribution in [-0.4, -0.2) is 21.5 Å². The van der Waals surface area contributed by atoms with Gasteiger partial charge in [-0.15, -0.1) is 13.2 Å². The van der Waals surface area contributed by atoms with E-state index in [2.05, 4.69) is 4.74 Å². The standard InChI is InChI=1S/C14H11F3N2O5/c15-14(16,17)24-9-3-1-7(2-4-9)12(18)8-5-10(19(22)23)13(21)11(20)6-8/h1-6,12,20-21H,18H2/t12-/m0/s1. The lowest BCUT2D eigenvalue weighted by Gasteiger charge is -2.15. The van der Waals surface area contributed by atoms with Crippen molar-refractivity contribution in [2.24, 2.45) is 5.73 Å². The number of nitro benzene ring substituents is 1. The van der Waals surface area contributed by atoms with Crippen LogP contribution in [0.5, 0.6) is 17.2 Å². The number of nitrogens with zero attached hydrogens (tertiary/aromatic N) is 1. The largest absolute Gasteiger partial charge is 0.573 e. The van der Waals surface area contributed by atoms with Crippen LogP contribution in [0.2, 0.25) is 0 Å². The van der Waals surface area contributed by atoms with E-state index in [1.165, 1.54) is 12.1 Å². The number of aromatic hydroxyl groups is 2. The zero-order chi connectivity index (χ0) is 18.1. The lowest BCUT2D eigenvalue weighted by atomic mass is 9.98. The van der Waals surface area contributed by atoms with E-state index in [0.717, 1.165) is 24.3 Å². The number of nitro groups is 1. The highest BCUT2D eigenvalue weighted by atomic mass is 19.4. The van der Waals surface area contributed by atoms with Crippen molar-refractivity contribution in [2.75, 3.05) is 0 Å². The molecule has 4 N–H and O–H groups in total. The van der Waals surface area contributed by atoms with Gasteiger partial charge in [0.05, 0.1) is 11.0 Å². The molecule has 0 spiro atoms. The number of hydrogen-bond acceptors (Lipinski definition) is 6. The zero-order valence-electron chi connectivity index (χ0n) is 11.8. The molecule has 24 heavy (non-hydrogen) atoms. The van der Waals surface area contributed by atoms with Crippen molar-refractivity contribution in [1.29, 1.82) is 0 Å². The van der Waals surface area contributed by atoms with Gasteiger partial charge >= 0.3 is 12.0 Å². The zero-order valence-corrected chi connectivity index (χ0v) is 11.8. The molecule has 2 aromatic rings. The van der Waals surface area contributed by atoms with Crippen molar-refractivity contribution >= 4 is 5.69 Å². The van der Waals surface area contributed by atoms with E-state index in [-0.39, 0.29) is 5.56 Å². The van der Waals surface area contributed by atoms with Crippen LogP contribution < -0.4 is 10.5 Å². The molecule has 0 aromatic heterocycles. The molecule has 0 saturated heterocycles. The Morgan fingerprint density at radius 3 is 2.21 bits per heavy atom. The molecule has 2 rings (SSSR count). The highest BCUT2D eigenvalue weighted by Gasteiger charge is 2.31. The molecular weight excluding hydrogens is 333 g/mol. The van der Waals surface area contributed by atoms with Gasteiger partial charge in [0.2, 0.25) is 5.75 Å². The highest BCUT2D eigenvalue weighted by molar-refractivity contribution is 5.57. The third kappa shape index (κ3) is 3.84. The van der Waals surface area contributed by atoms with Crippen molar-refractivity contribution < 1.29 is 33.0 Å². The minimum atomic E-state index is -4.83. The van der Waals surface area contributed by atoms with Gasteiger partial charge in [0.1, 0.15) is 5.75 Å². The summed E-state index contributed by atoms with van der Waals surface area (Å²) in [4.78, 5) is 9.94. The lowest BCUT2D eigenvalue weighted by molar-refractivity contribution is -0.386. The number of benzene rings is 2. The molecule has 0 amide bonds. The van der Waals surface area contributed by atoms with Gasteiger partial charge in [0.25, 0.3) is 0 Å². The molecule has 1 atom stereocenters. The Hall–Kier alpha value is -3.01. The topological polar surface area (TPSA) is 119 Å². The molecule has 0 heterocycles. The van der Waals surface area contributed by atoms with Gasteiger partial charge in [-0.2, -0.15) is 0 Å². The fourth-order valence-electron chi connectivity index (χ4n) is 2.01. The average Bonchev–Trinajstić information content (AvgIpc) is 2.48. The van der Waals surface area contributed by atoms with Crippen molar-refractivity contribution in [1.82, 2.24) is 0 Å². The van der Waals surface area contributed by atoms with Gasteiger partial charge in [0.15, 0.2) is 5.75 Å². The van der Waals surface area contributed by atoms with Crippen molar-refractivity contribution in [3.05, 3.63) is 57.6 Å². The fraction of sp³-hybridized carbons (Fsp3) is 0.143. The van der Waals surface area contributed by atoms with Crippen LogP contribution in [0, 0.1) is 10.1 Å². The van der Waals surface area contributed by atoms with Crippen LogP contribution in [0.1, 0.15) is 17.2 Å². The minimum absolute atomic E-state index is 0.0986. The second kappa shape index (κ2) is 6.24. The quantitative estimate of drug-likeness (QED) is 0.446. The Kier molecular flexibility index (Phi) is 4.51. The maximum atomic E-state index is 12.1. The first-order valence-corrected chi connectivity index (χ1v) is 6.40. The first-order valence-electron chi connectivity index (χ1n) is 6.40. The third-order valence-electron chi connectivity index (χ3n) is 3.12. The fourth-order valence-corrected chi connectivity index (χ4v) is 2.01. The number of phenolic OH excluding ortho intramolecular Hbond substituents is 2. The SMILES string of the molecule is N[C@@H](c1ccc(OC(F)(F)F)cc1)c1cc(O)c(O)c([N+](=O)[O-])c1. The Morgan fingerprint density at radius 1 is 1.12 bits per heavy atom. The average molecular weight is 344 g/mol. The van der Waals surface area contributed by atoms with Gasteiger partial charge in [-0.1, -0.05) is 12.1 Å². The molecule has 0 radical (unpaired) electrons.